The molecule has 2 heteroatoms. The molecule has 2 aliphatic rings. The van der Waals surface area contributed by atoms with Crippen LogP contribution in [0.4, 0.5) is 0 Å². The van der Waals surface area contributed by atoms with Crippen LogP contribution in [-0.2, 0) is 11.2 Å². The van der Waals surface area contributed by atoms with E-state index < -0.39 is 0 Å². The van der Waals surface area contributed by atoms with Crippen molar-refractivity contribution in [2.75, 3.05) is 0 Å². The summed E-state index contributed by atoms with van der Waals surface area (Å²) in [6.07, 6.45) is 8.22. The number of nitrogens with one attached hydrogen (secondary N) is 1. The zero-order valence-corrected chi connectivity index (χ0v) is 13.1. The minimum absolute atomic E-state index is 0.238. The van der Waals surface area contributed by atoms with Crippen molar-refractivity contribution in [3.05, 3.63) is 35.9 Å². The van der Waals surface area contributed by atoms with Gasteiger partial charge in [-0.3, -0.25) is 4.79 Å². The minimum Gasteiger partial charge on any atom is -0.353 e. The van der Waals surface area contributed by atoms with Gasteiger partial charge in [0.1, 0.15) is 0 Å². The highest BCUT2D eigenvalue weighted by molar-refractivity contribution is 5.76. The summed E-state index contributed by atoms with van der Waals surface area (Å²) in [5.74, 6) is 2.50. The lowest BCUT2D eigenvalue weighted by Crippen LogP contribution is -2.42. The summed E-state index contributed by atoms with van der Waals surface area (Å²) in [7, 11) is 0. The predicted octanol–water partition coefficient (Wildman–Crippen LogP) is 3.95. The predicted molar refractivity (Wildman–Crippen MR) is 85.9 cm³/mol. The van der Waals surface area contributed by atoms with Crippen LogP contribution in [0.1, 0.15) is 51.0 Å². The van der Waals surface area contributed by atoms with E-state index in [9.17, 15) is 4.79 Å². The number of hydrogen-bond donors (Lipinski definition) is 1. The Kier molecular flexibility index (Phi) is 4.62. The third-order valence-electron chi connectivity index (χ3n) is 5.53. The second-order valence-electron chi connectivity index (χ2n) is 7.00. The molecule has 2 saturated carbocycles. The Morgan fingerprint density at radius 2 is 1.95 bits per heavy atom. The fourth-order valence-electron chi connectivity index (χ4n) is 4.46. The van der Waals surface area contributed by atoms with E-state index in [2.05, 4.69) is 24.4 Å². The summed E-state index contributed by atoms with van der Waals surface area (Å²) in [5.41, 5.74) is 1.25. The molecule has 2 fully saturated rings. The molecule has 0 aromatic heterocycles. The van der Waals surface area contributed by atoms with Gasteiger partial charge in [-0.25, -0.2) is 0 Å². The number of aryl methyl sites for hydroxylation is 1. The second-order valence-corrected chi connectivity index (χ2v) is 7.00. The third kappa shape index (κ3) is 3.48. The lowest BCUT2D eigenvalue weighted by molar-refractivity contribution is -0.122. The van der Waals surface area contributed by atoms with E-state index in [1.807, 2.05) is 18.2 Å². The molecule has 1 aromatic rings. The molecule has 1 aromatic carbocycles. The molecule has 2 nitrogen and oxygen atoms in total. The number of carbonyl (C=O) groups is 1. The maximum Gasteiger partial charge on any atom is 0.220 e. The summed E-state index contributed by atoms with van der Waals surface area (Å²) in [5, 5.41) is 3.36. The number of benzene rings is 1. The molecular formula is C19H27NO. The summed E-state index contributed by atoms with van der Waals surface area (Å²) < 4.78 is 0. The van der Waals surface area contributed by atoms with Gasteiger partial charge in [-0.2, -0.15) is 0 Å². The van der Waals surface area contributed by atoms with Crippen molar-refractivity contribution in [1.29, 1.82) is 0 Å². The highest BCUT2D eigenvalue weighted by atomic mass is 16.1. The van der Waals surface area contributed by atoms with Crippen LogP contribution in [0.15, 0.2) is 30.3 Å². The molecule has 2 unspecified atom stereocenters. The molecule has 0 aliphatic heterocycles. The number of amides is 1. The first kappa shape index (κ1) is 14.6. The molecule has 114 valence electrons. The van der Waals surface area contributed by atoms with Gasteiger partial charge in [-0.05, 0) is 42.6 Å². The van der Waals surface area contributed by atoms with Gasteiger partial charge in [0.2, 0.25) is 5.91 Å². The quantitative estimate of drug-likeness (QED) is 0.891. The van der Waals surface area contributed by atoms with Crippen molar-refractivity contribution in [1.82, 2.24) is 5.32 Å². The van der Waals surface area contributed by atoms with Crippen LogP contribution in [0.2, 0.25) is 0 Å². The van der Waals surface area contributed by atoms with Gasteiger partial charge in [-0.15, -0.1) is 0 Å². The van der Waals surface area contributed by atoms with E-state index in [0.717, 1.165) is 18.3 Å². The molecule has 0 saturated heterocycles. The van der Waals surface area contributed by atoms with Gasteiger partial charge in [0.05, 0.1) is 0 Å². The second kappa shape index (κ2) is 6.64. The molecule has 0 heterocycles. The van der Waals surface area contributed by atoms with Gasteiger partial charge in [0.25, 0.3) is 0 Å². The Balaban J connectivity index is 1.52. The molecule has 3 rings (SSSR count). The maximum absolute atomic E-state index is 12.3. The first-order valence-electron chi connectivity index (χ1n) is 8.57. The van der Waals surface area contributed by atoms with Crippen molar-refractivity contribution < 1.29 is 4.79 Å². The third-order valence-corrected chi connectivity index (χ3v) is 5.53. The Labute approximate surface area is 128 Å². The van der Waals surface area contributed by atoms with Gasteiger partial charge in [0.15, 0.2) is 0 Å². The lowest BCUT2D eigenvalue weighted by Gasteiger charge is -2.30. The Morgan fingerprint density at radius 1 is 1.19 bits per heavy atom. The first-order valence-corrected chi connectivity index (χ1v) is 8.57. The molecular weight excluding hydrogens is 258 g/mol. The van der Waals surface area contributed by atoms with E-state index >= 15 is 0 Å². The lowest BCUT2D eigenvalue weighted by atomic mass is 9.80. The molecule has 1 N–H and O–H groups in total. The average molecular weight is 285 g/mol. The molecule has 1 amide bonds. The van der Waals surface area contributed by atoms with Gasteiger partial charge in [0, 0.05) is 12.5 Å². The topological polar surface area (TPSA) is 29.1 Å². The Morgan fingerprint density at radius 3 is 2.76 bits per heavy atom. The zero-order chi connectivity index (χ0) is 14.7. The van der Waals surface area contributed by atoms with Crippen LogP contribution < -0.4 is 5.32 Å². The summed E-state index contributed by atoms with van der Waals surface area (Å²) in [6.45, 7) is 2.32. The van der Waals surface area contributed by atoms with Gasteiger partial charge >= 0.3 is 0 Å². The smallest absolute Gasteiger partial charge is 0.220 e. The molecule has 4 atom stereocenters. The molecule has 0 bridgehead atoms. The van der Waals surface area contributed by atoms with Crippen LogP contribution in [0, 0.1) is 17.8 Å². The standard InChI is InChI=1S/C19H27NO/c1-14-13-16-9-5-6-10-17(16)19(14)20-18(21)12-11-15-7-3-2-4-8-15/h2-4,7-8,14,16-17,19H,5-6,9-13H2,1H3,(H,20,21)/t14-,16?,17?,19-/m1/s1. The zero-order valence-electron chi connectivity index (χ0n) is 13.1. The van der Waals surface area contributed by atoms with E-state index in [1.54, 1.807) is 0 Å². The normalized spacial score (nSPS) is 31.7. The van der Waals surface area contributed by atoms with E-state index in [-0.39, 0.29) is 5.91 Å². The largest absolute Gasteiger partial charge is 0.353 e. The van der Waals surface area contributed by atoms with Gasteiger partial charge in [-0.1, -0.05) is 56.5 Å². The fraction of sp³-hybridized carbons (Fsp3) is 0.632. The number of fused-ring (bicyclic) bond motifs is 1. The van der Waals surface area contributed by atoms with Crippen LogP contribution in [-0.4, -0.2) is 11.9 Å². The maximum atomic E-state index is 12.3. The molecule has 21 heavy (non-hydrogen) atoms. The first-order chi connectivity index (χ1) is 10.2. The van der Waals surface area contributed by atoms with Crippen molar-refractivity contribution in [3.8, 4) is 0 Å². The van der Waals surface area contributed by atoms with Gasteiger partial charge < -0.3 is 5.32 Å². The Hall–Kier alpha value is -1.31. The molecule has 0 spiro atoms. The van der Waals surface area contributed by atoms with Crippen LogP contribution in [0.3, 0.4) is 0 Å². The number of rotatable bonds is 4. The van der Waals surface area contributed by atoms with E-state index in [1.165, 1.54) is 37.7 Å². The average Bonchev–Trinajstić information content (AvgIpc) is 2.82. The van der Waals surface area contributed by atoms with E-state index in [0.29, 0.717) is 18.4 Å². The molecule has 2 aliphatic carbocycles. The van der Waals surface area contributed by atoms with Crippen LogP contribution in [0.25, 0.3) is 0 Å². The van der Waals surface area contributed by atoms with Crippen LogP contribution >= 0.6 is 0 Å². The van der Waals surface area contributed by atoms with Crippen molar-refractivity contribution in [2.24, 2.45) is 17.8 Å². The summed E-state index contributed by atoms with van der Waals surface area (Å²) >= 11 is 0. The van der Waals surface area contributed by atoms with Crippen LogP contribution in [0.5, 0.6) is 0 Å². The van der Waals surface area contributed by atoms with E-state index in [4.69, 9.17) is 0 Å². The SMILES string of the molecule is C[C@@H]1CC2CCCCC2[C@@H]1NC(=O)CCc1ccccc1. The summed E-state index contributed by atoms with van der Waals surface area (Å²) in [6, 6.07) is 10.7. The number of carbonyl (C=O) groups excluding carboxylic acids is 1. The summed E-state index contributed by atoms with van der Waals surface area (Å²) in [4.78, 5) is 12.3. The van der Waals surface area contributed by atoms with Crippen molar-refractivity contribution >= 4 is 5.91 Å². The highest BCUT2D eigenvalue weighted by Gasteiger charge is 2.42. The highest BCUT2D eigenvalue weighted by Crippen LogP contribution is 2.45. The Bertz CT molecular complexity index is 470. The minimum atomic E-state index is 0.238. The monoisotopic (exact) mass is 285 g/mol. The van der Waals surface area contributed by atoms with Crippen molar-refractivity contribution in [2.45, 2.75) is 57.9 Å². The fourth-order valence-corrected chi connectivity index (χ4v) is 4.46. The molecule has 0 radical (unpaired) electrons. The number of hydrogen-bond acceptors (Lipinski definition) is 1. The van der Waals surface area contributed by atoms with Crippen molar-refractivity contribution in [3.63, 3.8) is 0 Å².